The van der Waals surface area contributed by atoms with Gasteiger partial charge in [0, 0.05) is 10.9 Å². The summed E-state index contributed by atoms with van der Waals surface area (Å²) in [5.41, 5.74) is 4.61. The molecule has 0 bridgehead atoms. The topological polar surface area (TPSA) is 23.8 Å². The molecule has 4 aromatic carbocycles. The quantitative estimate of drug-likeness (QED) is 0.324. The van der Waals surface area contributed by atoms with E-state index in [-0.39, 0.29) is 11.6 Å². The minimum absolute atomic E-state index is 0.225. The fourth-order valence-electron chi connectivity index (χ4n) is 3.96. The Balaban J connectivity index is 1.58. The summed E-state index contributed by atoms with van der Waals surface area (Å²) < 4.78 is 29.7. The minimum atomic E-state index is -0.246. The second kappa shape index (κ2) is 9.10. The smallest absolute Gasteiger partial charge is 0.134 e. The first-order valence-corrected chi connectivity index (χ1v) is 10.6. The number of hydrogen-bond acceptors (Lipinski definition) is 1. The number of halogens is 2. The molecule has 0 N–H and O–H groups in total. The van der Waals surface area contributed by atoms with Crippen molar-refractivity contribution in [1.29, 1.82) is 5.26 Å². The highest BCUT2D eigenvalue weighted by atomic mass is 19.1. The lowest BCUT2D eigenvalue weighted by Gasteiger charge is -2.10. The molecule has 4 rings (SSSR count). The maximum absolute atomic E-state index is 15.1. The highest BCUT2D eigenvalue weighted by Crippen LogP contribution is 2.30. The van der Waals surface area contributed by atoms with Crippen molar-refractivity contribution < 1.29 is 8.78 Å². The molecule has 0 unspecified atom stereocenters. The molecule has 0 heterocycles. The predicted octanol–water partition coefficient (Wildman–Crippen LogP) is 7.39. The van der Waals surface area contributed by atoms with Gasteiger partial charge >= 0.3 is 0 Å². The van der Waals surface area contributed by atoms with E-state index in [1.165, 1.54) is 0 Å². The van der Waals surface area contributed by atoms with Gasteiger partial charge in [0.15, 0.2) is 0 Å². The molecule has 0 saturated carbocycles. The Bertz CT molecular complexity index is 1270. The van der Waals surface area contributed by atoms with E-state index in [0.29, 0.717) is 34.9 Å². The summed E-state index contributed by atoms with van der Waals surface area (Å²) in [5.74, 6) is -0.471. The van der Waals surface area contributed by atoms with Crippen LogP contribution in [-0.2, 0) is 19.3 Å². The minimum Gasteiger partial charge on any atom is -0.206 e. The van der Waals surface area contributed by atoms with Gasteiger partial charge in [0.25, 0.3) is 0 Å². The van der Waals surface area contributed by atoms with Gasteiger partial charge in [-0.25, -0.2) is 8.78 Å². The summed E-state index contributed by atoms with van der Waals surface area (Å²) in [6, 6.07) is 23.9. The van der Waals surface area contributed by atoms with E-state index in [4.69, 9.17) is 5.26 Å². The molecule has 0 atom stereocenters. The molecular weight excluding hydrogens is 388 g/mol. The van der Waals surface area contributed by atoms with Crippen molar-refractivity contribution in [2.24, 2.45) is 0 Å². The van der Waals surface area contributed by atoms with Crippen LogP contribution in [0.15, 0.2) is 72.8 Å². The van der Waals surface area contributed by atoms with Crippen LogP contribution in [-0.4, -0.2) is 0 Å². The van der Waals surface area contributed by atoms with Crippen molar-refractivity contribution in [2.75, 3.05) is 0 Å². The molecular formula is C28H23F2N. The van der Waals surface area contributed by atoms with Crippen LogP contribution in [0.5, 0.6) is 0 Å². The maximum Gasteiger partial charge on any atom is 0.134 e. The van der Waals surface area contributed by atoms with E-state index >= 15 is 4.39 Å². The Morgan fingerprint density at radius 1 is 0.774 bits per heavy atom. The van der Waals surface area contributed by atoms with Crippen LogP contribution in [0.3, 0.4) is 0 Å². The van der Waals surface area contributed by atoms with Crippen LogP contribution in [0, 0.1) is 23.0 Å². The number of nitriles is 1. The average Bonchev–Trinajstić information content (AvgIpc) is 2.79. The van der Waals surface area contributed by atoms with Gasteiger partial charge in [0.2, 0.25) is 0 Å². The van der Waals surface area contributed by atoms with Gasteiger partial charge in [0.05, 0.1) is 11.6 Å². The lowest BCUT2D eigenvalue weighted by molar-refractivity contribution is 0.620. The normalized spacial score (nSPS) is 10.9. The summed E-state index contributed by atoms with van der Waals surface area (Å²) in [4.78, 5) is 0. The highest BCUT2D eigenvalue weighted by Gasteiger charge is 2.11. The van der Waals surface area contributed by atoms with Gasteiger partial charge in [-0.3, -0.25) is 0 Å². The molecule has 0 aliphatic carbocycles. The number of fused-ring (bicyclic) bond motifs is 1. The zero-order valence-electron chi connectivity index (χ0n) is 17.5. The van der Waals surface area contributed by atoms with Gasteiger partial charge in [-0.05, 0) is 71.2 Å². The number of nitrogens with zero attached hydrogens (tertiary/aromatic N) is 1. The molecule has 0 aliphatic rings. The highest BCUT2D eigenvalue weighted by molar-refractivity contribution is 5.88. The first-order chi connectivity index (χ1) is 15.1. The van der Waals surface area contributed by atoms with Gasteiger partial charge in [-0.2, -0.15) is 5.26 Å². The standard InChI is InChI=1S/C28H23F2N/c1-2-3-20-9-14-25(27(29)16-20)23-13-15-26-24(17-23)12-11-22(28(26)30)10-8-19-4-6-21(18-31)7-5-19/h4-7,9,11-17H,2-3,8,10H2,1H3. The lowest BCUT2D eigenvalue weighted by Crippen LogP contribution is -1.96. The van der Waals surface area contributed by atoms with Crippen LogP contribution in [0.4, 0.5) is 8.78 Å². The van der Waals surface area contributed by atoms with Crippen molar-refractivity contribution >= 4 is 10.8 Å². The molecule has 31 heavy (non-hydrogen) atoms. The molecule has 0 spiro atoms. The molecule has 1 nitrogen and oxygen atoms in total. The number of aryl methyl sites for hydroxylation is 3. The Morgan fingerprint density at radius 2 is 1.55 bits per heavy atom. The second-order valence-corrected chi connectivity index (χ2v) is 7.85. The van der Waals surface area contributed by atoms with Crippen molar-refractivity contribution in [3.8, 4) is 17.2 Å². The number of hydrogen-bond donors (Lipinski definition) is 0. The van der Waals surface area contributed by atoms with Gasteiger partial charge in [-0.15, -0.1) is 0 Å². The first-order valence-electron chi connectivity index (χ1n) is 10.6. The Morgan fingerprint density at radius 3 is 2.26 bits per heavy atom. The summed E-state index contributed by atoms with van der Waals surface area (Å²) in [6.07, 6.45) is 3.09. The van der Waals surface area contributed by atoms with Crippen LogP contribution in [0.25, 0.3) is 21.9 Å². The third-order valence-electron chi connectivity index (χ3n) is 5.68. The zero-order valence-corrected chi connectivity index (χ0v) is 17.5. The van der Waals surface area contributed by atoms with Gasteiger partial charge < -0.3 is 0 Å². The van der Waals surface area contributed by atoms with Crippen LogP contribution in [0.1, 0.15) is 35.6 Å². The van der Waals surface area contributed by atoms with Crippen LogP contribution < -0.4 is 0 Å². The molecule has 0 radical (unpaired) electrons. The third kappa shape index (κ3) is 4.49. The van der Waals surface area contributed by atoms with Crippen LogP contribution >= 0.6 is 0 Å². The Kier molecular flexibility index (Phi) is 6.09. The molecule has 0 amide bonds. The van der Waals surface area contributed by atoms with Crippen molar-refractivity contribution in [3.63, 3.8) is 0 Å². The first kappa shape index (κ1) is 20.8. The fourth-order valence-corrected chi connectivity index (χ4v) is 3.96. The van der Waals surface area contributed by atoms with E-state index < -0.39 is 0 Å². The third-order valence-corrected chi connectivity index (χ3v) is 5.68. The summed E-state index contributed by atoms with van der Waals surface area (Å²) in [7, 11) is 0. The molecule has 3 heteroatoms. The summed E-state index contributed by atoms with van der Waals surface area (Å²) in [5, 5.41) is 10.2. The molecule has 0 saturated heterocycles. The van der Waals surface area contributed by atoms with Crippen molar-refractivity contribution in [2.45, 2.75) is 32.6 Å². The number of rotatable bonds is 6. The predicted molar refractivity (Wildman–Crippen MR) is 122 cm³/mol. The zero-order chi connectivity index (χ0) is 21.8. The Hall–Kier alpha value is -3.51. The average molecular weight is 411 g/mol. The van der Waals surface area contributed by atoms with Crippen LogP contribution in [0.2, 0.25) is 0 Å². The van der Waals surface area contributed by atoms with E-state index in [1.807, 2.05) is 42.5 Å². The summed E-state index contributed by atoms with van der Waals surface area (Å²) in [6.45, 7) is 2.07. The summed E-state index contributed by atoms with van der Waals surface area (Å²) >= 11 is 0. The fraction of sp³-hybridized carbons (Fsp3) is 0.179. The van der Waals surface area contributed by atoms with E-state index in [0.717, 1.165) is 34.9 Å². The molecule has 0 aliphatic heterocycles. The van der Waals surface area contributed by atoms with E-state index in [9.17, 15) is 4.39 Å². The molecule has 4 aromatic rings. The van der Waals surface area contributed by atoms with Gasteiger partial charge in [-0.1, -0.05) is 61.9 Å². The van der Waals surface area contributed by atoms with Crippen molar-refractivity contribution in [1.82, 2.24) is 0 Å². The van der Waals surface area contributed by atoms with E-state index in [2.05, 4.69) is 13.0 Å². The number of benzene rings is 4. The largest absolute Gasteiger partial charge is 0.206 e. The molecule has 0 aromatic heterocycles. The Labute approximate surface area is 181 Å². The monoisotopic (exact) mass is 411 g/mol. The van der Waals surface area contributed by atoms with Gasteiger partial charge in [0.1, 0.15) is 11.6 Å². The molecule has 154 valence electrons. The van der Waals surface area contributed by atoms with E-state index in [1.54, 1.807) is 30.3 Å². The maximum atomic E-state index is 15.1. The SMILES string of the molecule is CCCc1ccc(-c2ccc3c(F)c(CCc4ccc(C#N)cc4)ccc3c2)c(F)c1. The molecule has 0 fully saturated rings. The second-order valence-electron chi connectivity index (χ2n) is 7.85. The van der Waals surface area contributed by atoms with Crippen molar-refractivity contribution in [3.05, 3.63) is 107 Å². The lowest BCUT2D eigenvalue weighted by atomic mass is 9.96.